The highest BCUT2D eigenvalue weighted by atomic mass is 35.5. The van der Waals surface area contributed by atoms with Gasteiger partial charge in [0.1, 0.15) is 11.3 Å². The van der Waals surface area contributed by atoms with Gasteiger partial charge in [-0.25, -0.2) is 4.79 Å². The van der Waals surface area contributed by atoms with E-state index in [0.29, 0.717) is 11.0 Å². The van der Waals surface area contributed by atoms with Crippen LogP contribution in [-0.4, -0.2) is 19.0 Å². The second-order valence-corrected chi connectivity index (χ2v) is 5.60. The van der Waals surface area contributed by atoms with Crippen molar-refractivity contribution in [3.05, 3.63) is 29.0 Å². The summed E-state index contributed by atoms with van der Waals surface area (Å²) >= 11 is 5.73. The van der Waals surface area contributed by atoms with Crippen LogP contribution >= 0.6 is 11.6 Å². The fourth-order valence-electron chi connectivity index (χ4n) is 2.05. The van der Waals surface area contributed by atoms with Crippen molar-refractivity contribution >= 4 is 34.5 Å². The van der Waals surface area contributed by atoms with E-state index in [1.165, 1.54) is 57.9 Å². The molecule has 0 saturated heterocycles. The number of benzene rings is 1. The minimum atomic E-state index is -0.558. The number of hydrogen-bond donors (Lipinski definition) is 0. The number of carbonyl (C=O) groups excluding carboxylic acids is 2. The van der Waals surface area contributed by atoms with E-state index in [9.17, 15) is 9.59 Å². The fraction of sp³-hybridized carbons (Fsp3) is 0.444. The summed E-state index contributed by atoms with van der Waals surface area (Å²) in [7, 11) is 1.26. The predicted octanol–water partition coefficient (Wildman–Crippen LogP) is 5.38. The van der Waals surface area contributed by atoms with E-state index >= 15 is 0 Å². The molecule has 1 aromatic heterocycles. The molecule has 0 saturated carbocycles. The third-order valence-electron chi connectivity index (χ3n) is 3.20. The number of unbranched alkanes of at least 4 members (excludes halogenated alkanes) is 3. The molecule has 6 heteroatoms. The molecule has 0 bridgehead atoms. The van der Waals surface area contributed by atoms with E-state index in [2.05, 4.69) is 18.6 Å². The third-order valence-corrected chi connectivity index (χ3v) is 3.39. The molecule has 0 N–H and O–H groups in total. The third kappa shape index (κ3) is 5.89. The maximum absolute atomic E-state index is 11.5. The summed E-state index contributed by atoms with van der Waals surface area (Å²) in [5.41, 5.74) is 0.561. The van der Waals surface area contributed by atoms with Gasteiger partial charge >= 0.3 is 11.9 Å². The van der Waals surface area contributed by atoms with Crippen LogP contribution in [0.1, 0.15) is 56.8 Å². The van der Waals surface area contributed by atoms with Gasteiger partial charge in [-0.3, -0.25) is 4.79 Å². The number of methoxy groups -OCH3 is 1. The zero-order valence-corrected chi connectivity index (χ0v) is 15.2. The summed E-state index contributed by atoms with van der Waals surface area (Å²) < 4.78 is 14.8. The van der Waals surface area contributed by atoms with Gasteiger partial charge in [0.25, 0.3) is 0 Å². The minimum Gasteiger partial charge on any atom is -0.465 e. The monoisotopic (exact) mass is 354 g/mol. The summed E-state index contributed by atoms with van der Waals surface area (Å²) in [5, 5.41) is 0.656. The lowest BCUT2D eigenvalue weighted by molar-refractivity contribution is -0.131. The van der Waals surface area contributed by atoms with Crippen LogP contribution in [0.3, 0.4) is 0 Å². The molecule has 0 aliphatic rings. The first-order valence-electron chi connectivity index (χ1n) is 7.92. The van der Waals surface area contributed by atoms with Gasteiger partial charge in [-0.05, 0) is 23.7 Å². The highest BCUT2D eigenvalue weighted by Crippen LogP contribution is 2.32. The molecule has 0 radical (unpaired) electrons. The molecule has 1 aromatic carbocycles. The second kappa shape index (κ2) is 9.98. The summed E-state index contributed by atoms with van der Waals surface area (Å²) in [6.45, 7) is 5.73. The van der Waals surface area contributed by atoms with Crippen LogP contribution in [-0.2, 0) is 9.53 Å². The zero-order chi connectivity index (χ0) is 18.1. The van der Waals surface area contributed by atoms with E-state index in [0.717, 1.165) is 0 Å². The van der Waals surface area contributed by atoms with Crippen LogP contribution in [0.5, 0.6) is 5.75 Å². The van der Waals surface area contributed by atoms with E-state index in [4.69, 9.17) is 20.8 Å². The summed E-state index contributed by atoms with van der Waals surface area (Å²) in [4.78, 5) is 22.5. The zero-order valence-electron chi connectivity index (χ0n) is 14.5. The van der Waals surface area contributed by atoms with Gasteiger partial charge in [-0.2, -0.15) is 0 Å². The molecule has 1 heterocycles. The molecule has 0 unspecified atom stereocenters. The Kier molecular flexibility index (Phi) is 8.33. The number of halogens is 1. The number of fused-ring (bicyclic) bond motifs is 1. The molecule has 0 spiro atoms. The number of hydrogen-bond acceptors (Lipinski definition) is 5. The molecule has 24 heavy (non-hydrogen) atoms. The van der Waals surface area contributed by atoms with Crippen molar-refractivity contribution in [1.82, 2.24) is 0 Å². The highest BCUT2D eigenvalue weighted by molar-refractivity contribution is 6.30. The van der Waals surface area contributed by atoms with Gasteiger partial charge in [-0.15, -0.1) is 0 Å². The van der Waals surface area contributed by atoms with Gasteiger partial charge in [-0.1, -0.05) is 39.5 Å². The van der Waals surface area contributed by atoms with Crippen LogP contribution in [0, 0.1) is 0 Å². The molecular formula is C18H23ClO5. The Bertz CT molecular complexity index is 686. The molecule has 132 valence electrons. The van der Waals surface area contributed by atoms with Crippen molar-refractivity contribution in [2.24, 2.45) is 0 Å². The lowest BCUT2D eigenvalue weighted by Gasteiger charge is -2.05. The van der Waals surface area contributed by atoms with Crippen LogP contribution in [0.15, 0.2) is 22.6 Å². The van der Waals surface area contributed by atoms with Crippen LogP contribution < -0.4 is 4.74 Å². The summed E-state index contributed by atoms with van der Waals surface area (Å²) in [5.74, 6) is -0.857. The predicted molar refractivity (Wildman–Crippen MR) is 93.7 cm³/mol. The van der Waals surface area contributed by atoms with Gasteiger partial charge in [0, 0.05) is 13.0 Å². The Morgan fingerprint density at radius 2 is 1.75 bits per heavy atom. The lowest BCUT2D eigenvalue weighted by Crippen LogP contribution is -2.05. The first-order valence-corrected chi connectivity index (χ1v) is 8.30. The van der Waals surface area contributed by atoms with E-state index in [-0.39, 0.29) is 16.5 Å². The Balaban J connectivity index is 0.000000413. The topological polar surface area (TPSA) is 65.7 Å². The van der Waals surface area contributed by atoms with Crippen molar-refractivity contribution in [3.63, 3.8) is 0 Å². The average molecular weight is 355 g/mol. The van der Waals surface area contributed by atoms with Crippen molar-refractivity contribution in [1.29, 1.82) is 0 Å². The van der Waals surface area contributed by atoms with Crippen molar-refractivity contribution in [3.8, 4) is 5.75 Å². The van der Waals surface area contributed by atoms with Crippen LogP contribution in [0.2, 0.25) is 5.22 Å². The number of ether oxygens (including phenoxy) is 2. The van der Waals surface area contributed by atoms with Gasteiger partial charge in [0.15, 0.2) is 5.22 Å². The van der Waals surface area contributed by atoms with Gasteiger partial charge in [0.05, 0.1) is 18.1 Å². The highest BCUT2D eigenvalue weighted by Gasteiger charge is 2.16. The SMILES string of the molecule is CCCCCC.COC(=O)c1cc(OC(C)=O)c2cc(Cl)oc2c1. The molecule has 2 aromatic rings. The molecule has 0 aliphatic heterocycles. The summed E-state index contributed by atoms with van der Waals surface area (Å²) in [6, 6.07) is 4.39. The van der Waals surface area contributed by atoms with E-state index in [1.54, 1.807) is 0 Å². The van der Waals surface area contributed by atoms with Gasteiger partial charge in [0.2, 0.25) is 0 Å². The minimum absolute atomic E-state index is 0.139. The standard InChI is InChI=1S/C12H9ClO5.C6H14/c1-6(14)17-9-3-7(12(15)16-2)4-10-8(9)5-11(13)18-10;1-3-5-6-4-2/h3-5H,1-2H3;3-6H2,1-2H3. The normalized spacial score (nSPS) is 10.0. The quantitative estimate of drug-likeness (QED) is 0.409. The number of carbonyl (C=O) groups is 2. The molecule has 0 amide bonds. The molecule has 0 atom stereocenters. The Hall–Kier alpha value is -2.01. The Morgan fingerprint density at radius 1 is 1.12 bits per heavy atom. The molecular weight excluding hydrogens is 332 g/mol. The number of furan rings is 1. The molecule has 0 aliphatic carbocycles. The fourth-order valence-corrected chi connectivity index (χ4v) is 2.24. The van der Waals surface area contributed by atoms with Crippen molar-refractivity contribution in [2.75, 3.05) is 7.11 Å². The van der Waals surface area contributed by atoms with Gasteiger partial charge < -0.3 is 13.9 Å². The van der Waals surface area contributed by atoms with E-state index in [1.807, 2.05) is 0 Å². The Labute approximate surface area is 146 Å². The first-order chi connectivity index (χ1) is 11.4. The Morgan fingerprint density at radius 3 is 2.25 bits per heavy atom. The van der Waals surface area contributed by atoms with Crippen molar-refractivity contribution in [2.45, 2.75) is 46.5 Å². The number of esters is 2. The summed E-state index contributed by atoms with van der Waals surface area (Å²) in [6.07, 6.45) is 5.54. The average Bonchev–Trinajstić information content (AvgIpc) is 2.92. The van der Waals surface area contributed by atoms with Crippen LogP contribution in [0.25, 0.3) is 11.0 Å². The number of rotatable bonds is 5. The largest absolute Gasteiger partial charge is 0.465 e. The second-order valence-electron chi connectivity index (χ2n) is 5.23. The van der Waals surface area contributed by atoms with E-state index < -0.39 is 11.9 Å². The smallest absolute Gasteiger partial charge is 0.338 e. The molecule has 0 fully saturated rings. The van der Waals surface area contributed by atoms with Crippen LogP contribution in [0.4, 0.5) is 0 Å². The molecule has 2 rings (SSSR count). The maximum atomic E-state index is 11.5. The molecule has 5 nitrogen and oxygen atoms in total. The van der Waals surface area contributed by atoms with Crippen molar-refractivity contribution < 1.29 is 23.5 Å². The first kappa shape index (κ1) is 20.0. The maximum Gasteiger partial charge on any atom is 0.338 e. The lowest BCUT2D eigenvalue weighted by atomic mass is 10.1.